The molecule has 15 heavy (non-hydrogen) atoms. The van der Waals surface area contributed by atoms with Crippen LogP contribution in [0.3, 0.4) is 0 Å². The molecule has 1 rings (SSSR count). The lowest BCUT2D eigenvalue weighted by molar-refractivity contribution is -0.119. The van der Waals surface area contributed by atoms with Crippen LogP contribution in [0.15, 0.2) is 0 Å². The molecule has 0 aromatic carbocycles. The maximum atomic E-state index is 10.9. The largest absolute Gasteiger partial charge is 0.381 e. The second kappa shape index (κ2) is 5.47. The summed E-state index contributed by atoms with van der Waals surface area (Å²) in [6, 6.07) is 0. The quantitative estimate of drug-likeness (QED) is 0.603. The number of hydrogen-bond donors (Lipinski definition) is 2. The molecule has 0 aromatic heterocycles. The number of aliphatic hydroxyl groups is 1. The zero-order valence-corrected chi connectivity index (χ0v) is 9.65. The number of nitrogens with two attached hydrogens (primary N) is 1. The number of aliphatic hydroxyl groups excluding tert-OH is 1. The fraction of sp³-hybridized carbons (Fsp3) is 0.909. The molecule has 0 aliphatic heterocycles. The second-order valence-corrected chi connectivity index (χ2v) is 4.53. The van der Waals surface area contributed by atoms with Crippen LogP contribution in [0.1, 0.15) is 26.7 Å². The van der Waals surface area contributed by atoms with Gasteiger partial charge in [0.25, 0.3) is 0 Å². The lowest BCUT2D eigenvalue weighted by atomic mass is 10.00. The number of carbonyl (C=O) groups excluding carboxylic acids is 1. The van der Waals surface area contributed by atoms with Gasteiger partial charge in [0.15, 0.2) is 0 Å². The van der Waals surface area contributed by atoms with Gasteiger partial charge in [0, 0.05) is 12.5 Å². The van der Waals surface area contributed by atoms with Crippen molar-refractivity contribution in [3.05, 3.63) is 0 Å². The molecule has 0 spiro atoms. The van der Waals surface area contributed by atoms with E-state index in [0.29, 0.717) is 11.8 Å². The Labute approximate surface area is 91.4 Å². The fourth-order valence-electron chi connectivity index (χ4n) is 2.10. The predicted molar refractivity (Wildman–Crippen MR) is 58.9 cm³/mol. The lowest BCUT2D eigenvalue weighted by Gasteiger charge is -2.19. The van der Waals surface area contributed by atoms with Crippen LogP contribution in [0, 0.1) is 17.8 Å². The number of carbonyl (C=O) groups is 1. The molecule has 88 valence electrons. The molecule has 1 aliphatic rings. The molecule has 0 heterocycles. The van der Waals surface area contributed by atoms with Crippen molar-refractivity contribution in [1.82, 2.24) is 4.90 Å². The molecule has 0 bridgehead atoms. The first-order valence-electron chi connectivity index (χ1n) is 5.72. The number of rotatable bonds is 7. The molecule has 0 radical (unpaired) electrons. The van der Waals surface area contributed by atoms with E-state index < -0.39 is 0 Å². The van der Waals surface area contributed by atoms with Gasteiger partial charge in [0.05, 0.1) is 6.73 Å². The third-order valence-corrected chi connectivity index (χ3v) is 3.48. The molecule has 1 saturated carbocycles. The molecule has 0 aromatic rings. The van der Waals surface area contributed by atoms with Crippen molar-refractivity contribution >= 4 is 5.91 Å². The van der Waals surface area contributed by atoms with Crippen LogP contribution in [0.5, 0.6) is 0 Å². The average Bonchev–Trinajstić information content (AvgIpc) is 2.98. The highest BCUT2D eigenvalue weighted by Gasteiger charge is 2.44. The summed E-state index contributed by atoms with van der Waals surface area (Å²) >= 11 is 0. The van der Waals surface area contributed by atoms with Crippen molar-refractivity contribution in [3.63, 3.8) is 0 Å². The van der Waals surface area contributed by atoms with Crippen LogP contribution in [-0.2, 0) is 4.79 Å². The normalized spacial score (nSPS) is 26.7. The van der Waals surface area contributed by atoms with E-state index in [4.69, 9.17) is 10.8 Å². The van der Waals surface area contributed by atoms with Gasteiger partial charge in [-0.05, 0) is 31.2 Å². The highest BCUT2D eigenvalue weighted by Crippen LogP contribution is 2.45. The van der Waals surface area contributed by atoms with Gasteiger partial charge in [-0.2, -0.15) is 0 Å². The van der Waals surface area contributed by atoms with Crippen molar-refractivity contribution < 1.29 is 9.90 Å². The van der Waals surface area contributed by atoms with E-state index in [9.17, 15) is 4.79 Å². The van der Waals surface area contributed by atoms with Crippen molar-refractivity contribution in [2.24, 2.45) is 23.5 Å². The Morgan fingerprint density at radius 1 is 1.67 bits per heavy atom. The molecule has 0 saturated heterocycles. The SMILES string of the molecule is CCN(CO)CCC(C)C1CC1C(N)=O. The predicted octanol–water partition coefficient (Wildman–Crippen LogP) is 0.406. The summed E-state index contributed by atoms with van der Waals surface area (Å²) in [5.74, 6) is 0.980. The number of nitrogens with zero attached hydrogens (tertiary/aromatic N) is 1. The smallest absolute Gasteiger partial charge is 0.220 e. The van der Waals surface area contributed by atoms with E-state index in [2.05, 4.69) is 6.92 Å². The minimum Gasteiger partial charge on any atom is -0.381 e. The molecule has 1 amide bonds. The Morgan fingerprint density at radius 2 is 2.33 bits per heavy atom. The fourth-order valence-corrected chi connectivity index (χ4v) is 2.10. The summed E-state index contributed by atoms with van der Waals surface area (Å²) in [6.07, 6.45) is 1.99. The van der Waals surface area contributed by atoms with E-state index in [1.807, 2.05) is 11.8 Å². The van der Waals surface area contributed by atoms with Gasteiger partial charge in [-0.25, -0.2) is 0 Å². The Hall–Kier alpha value is -0.610. The first-order chi connectivity index (χ1) is 7.10. The van der Waals surface area contributed by atoms with Crippen LogP contribution in [0.2, 0.25) is 0 Å². The molecule has 4 nitrogen and oxygen atoms in total. The van der Waals surface area contributed by atoms with Crippen LogP contribution in [0.25, 0.3) is 0 Å². The van der Waals surface area contributed by atoms with Gasteiger partial charge in [0.2, 0.25) is 5.91 Å². The third kappa shape index (κ3) is 3.47. The summed E-state index contributed by atoms with van der Waals surface area (Å²) in [5, 5.41) is 8.99. The number of primary amides is 1. The second-order valence-electron chi connectivity index (χ2n) is 4.53. The highest BCUT2D eigenvalue weighted by molar-refractivity contribution is 5.79. The van der Waals surface area contributed by atoms with E-state index in [1.54, 1.807) is 0 Å². The van der Waals surface area contributed by atoms with E-state index in [-0.39, 0.29) is 18.6 Å². The summed E-state index contributed by atoms with van der Waals surface area (Å²) in [7, 11) is 0. The minimum atomic E-state index is -0.152. The Morgan fingerprint density at radius 3 is 2.73 bits per heavy atom. The molecule has 3 atom stereocenters. The van der Waals surface area contributed by atoms with E-state index in [1.165, 1.54) is 0 Å². The maximum absolute atomic E-state index is 10.9. The summed E-state index contributed by atoms with van der Waals surface area (Å²) in [5.41, 5.74) is 5.24. The monoisotopic (exact) mass is 214 g/mol. The van der Waals surface area contributed by atoms with Crippen molar-refractivity contribution in [1.29, 1.82) is 0 Å². The molecular formula is C11H22N2O2. The van der Waals surface area contributed by atoms with Gasteiger partial charge in [-0.3, -0.25) is 9.69 Å². The average molecular weight is 214 g/mol. The van der Waals surface area contributed by atoms with Crippen molar-refractivity contribution in [2.45, 2.75) is 26.7 Å². The molecule has 3 N–H and O–H groups in total. The van der Waals surface area contributed by atoms with Gasteiger partial charge >= 0.3 is 0 Å². The zero-order valence-electron chi connectivity index (χ0n) is 9.65. The summed E-state index contributed by atoms with van der Waals surface area (Å²) < 4.78 is 0. The zero-order chi connectivity index (χ0) is 11.4. The minimum absolute atomic E-state index is 0.115. The topological polar surface area (TPSA) is 66.6 Å². The number of hydrogen-bond acceptors (Lipinski definition) is 3. The molecule has 4 heteroatoms. The third-order valence-electron chi connectivity index (χ3n) is 3.48. The van der Waals surface area contributed by atoms with Gasteiger partial charge < -0.3 is 10.8 Å². The summed E-state index contributed by atoms with van der Waals surface area (Å²) in [4.78, 5) is 12.9. The Bertz CT molecular complexity index is 217. The summed E-state index contributed by atoms with van der Waals surface area (Å²) in [6.45, 7) is 6.08. The van der Waals surface area contributed by atoms with Gasteiger partial charge in [-0.1, -0.05) is 13.8 Å². The molecule has 3 unspecified atom stereocenters. The highest BCUT2D eigenvalue weighted by atomic mass is 16.3. The number of amides is 1. The Balaban J connectivity index is 2.20. The van der Waals surface area contributed by atoms with Crippen molar-refractivity contribution in [2.75, 3.05) is 19.8 Å². The van der Waals surface area contributed by atoms with Crippen LogP contribution < -0.4 is 5.73 Å². The van der Waals surface area contributed by atoms with Crippen LogP contribution in [-0.4, -0.2) is 35.7 Å². The van der Waals surface area contributed by atoms with Crippen LogP contribution >= 0.6 is 0 Å². The first-order valence-corrected chi connectivity index (χ1v) is 5.72. The molecule has 1 aliphatic carbocycles. The van der Waals surface area contributed by atoms with Crippen molar-refractivity contribution in [3.8, 4) is 0 Å². The maximum Gasteiger partial charge on any atom is 0.220 e. The lowest BCUT2D eigenvalue weighted by Crippen LogP contribution is -2.27. The molecule has 1 fully saturated rings. The Kier molecular flexibility index (Phi) is 4.54. The van der Waals surface area contributed by atoms with E-state index in [0.717, 1.165) is 25.9 Å². The van der Waals surface area contributed by atoms with Gasteiger partial charge in [0.1, 0.15) is 0 Å². The standard InChI is InChI=1S/C11H22N2O2/c1-3-13(7-14)5-4-8(2)9-6-10(9)11(12)15/h8-10,14H,3-7H2,1-2H3,(H2,12,15). The molecular weight excluding hydrogens is 192 g/mol. The first kappa shape index (κ1) is 12.5. The van der Waals surface area contributed by atoms with Gasteiger partial charge in [-0.15, -0.1) is 0 Å². The van der Waals surface area contributed by atoms with E-state index >= 15 is 0 Å². The van der Waals surface area contributed by atoms with Crippen LogP contribution in [0.4, 0.5) is 0 Å².